The number of hydrogen-bond donors (Lipinski definition) is 2. The number of carbonyl (C=O) groups is 1. The fourth-order valence-corrected chi connectivity index (χ4v) is 3.66. The third-order valence-electron chi connectivity index (χ3n) is 4.96. The molecule has 4 nitrogen and oxygen atoms in total. The first-order valence-corrected chi connectivity index (χ1v) is 8.25. The maximum Gasteiger partial charge on any atom is 0.259 e. The van der Waals surface area contributed by atoms with Crippen molar-refractivity contribution in [1.82, 2.24) is 5.32 Å². The van der Waals surface area contributed by atoms with Crippen molar-refractivity contribution in [1.29, 1.82) is 0 Å². The molecule has 2 unspecified atom stereocenters. The van der Waals surface area contributed by atoms with E-state index in [4.69, 9.17) is 5.73 Å². The summed E-state index contributed by atoms with van der Waals surface area (Å²) in [6, 6.07) is 8.21. The number of carbonyl (C=O) groups excluding carboxylic acids is 1. The first-order valence-electron chi connectivity index (χ1n) is 8.25. The van der Waals surface area contributed by atoms with Crippen LogP contribution >= 0.6 is 0 Å². The molecule has 23 heavy (non-hydrogen) atoms. The van der Waals surface area contributed by atoms with Crippen LogP contribution in [0.5, 0.6) is 0 Å². The van der Waals surface area contributed by atoms with Crippen LogP contribution < -0.4 is 11.1 Å². The number of allylic oxidation sites excluding steroid dienone is 4. The Hall–Kier alpha value is -2.36. The summed E-state index contributed by atoms with van der Waals surface area (Å²) in [4.78, 5) is 17.1. The standard InChI is InChI=1S/C19H21N3O/c1-12-4-2-5-13(10-12)14-6-3-7-16(11-14)19(15-8-9-15)17(23)21-18(20)22-19/h2-3,5-7,10-12,15H,4,8-9H2,1H3,(H3,20,21,22,23). The van der Waals surface area contributed by atoms with E-state index in [1.165, 1.54) is 5.57 Å². The van der Waals surface area contributed by atoms with Crippen LogP contribution in [0, 0.1) is 11.8 Å². The highest BCUT2D eigenvalue weighted by molar-refractivity contribution is 6.07. The number of benzene rings is 1. The van der Waals surface area contributed by atoms with Gasteiger partial charge in [0.05, 0.1) is 0 Å². The molecule has 1 amide bonds. The van der Waals surface area contributed by atoms with E-state index in [9.17, 15) is 4.79 Å². The topological polar surface area (TPSA) is 67.5 Å². The molecule has 0 spiro atoms. The third-order valence-corrected chi connectivity index (χ3v) is 4.96. The van der Waals surface area contributed by atoms with Gasteiger partial charge in [0.2, 0.25) is 0 Å². The summed E-state index contributed by atoms with van der Waals surface area (Å²) in [7, 11) is 0. The molecule has 4 heteroatoms. The molecule has 3 N–H and O–H groups in total. The molecule has 118 valence electrons. The Labute approximate surface area is 136 Å². The number of guanidine groups is 1. The van der Waals surface area contributed by atoms with Gasteiger partial charge < -0.3 is 5.73 Å². The third kappa shape index (κ3) is 2.29. The van der Waals surface area contributed by atoms with Crippen LogP contribution in [0.25, 0.3) is 5.57 Å². The monoisotopic (exact) mass is 307 g/mol. The summed E-state index contributed by atoms with van der Waals surface area (Å²) < 4.78 is 0. The summed E-state index contributed by atoms with van der Waals surface area (Å²) in [6.45, 7) is 2.22. The average Bonchev–Trinajstić information content (AvgIpc) is 3.33. The number of rotatable bonds is 3. The Kier molecular flexibility index (Phi) is 3.15. The largest absolute Gasteiger partial charge is 0.370 e. The molecule has 3 aliphatic rings. The molecule has 4 rings (SSSR count). The second-order valence-electron chi connectivity index (χ2n) is 6.81. The van der Waals surface area contributed by atoms with Crippen molar-refractivity contribution in [3.05, 3.63) is 53.6 Å². The molecule has 1 aliphatic heterocycles. The van der Waals surface area contributed by atoms with Crippen LogP contribution in [0.1, 0.15) is 37.3 Å². The highest BCUT2D eigenvalue weighted by Gasteiger charge is 2.55. The molecule has 0 bridgehead atoms. The molecule has 2 aliphatic carbocycles. The van der Waals surface area contributed by atoms with Crippen LogP contribution in [0.15, 0.2) is 47.5 Å². The quantitative estimate of drug-likeness (QED) is 0.901. The van der Waals surface area contributed by atoms with Gasteiger partial charge in [-0.2, -0.15) is 0 Å². The minimum Gasteiger partial charge on any atom is -0.370 e. The molecule has 1 saturated carbocycles. The molecule has 0 aromatic heterocycles. The number of aliphatic imine (C=N–C) groups is 1. The second-order valence-corrected chi connectivity index (χ2v) is 6.81. The molecule has 0 radical (unpaired) electrons. The molecule has 1 heterocycles. The van der Waals surface area contributed by atoms with Crippen LogP contribution in [-0.4, -0.2) is 11.9 Å². The normalized spacial score (nSPS) is 30.0. The lowest BCUT2D eigenvalue weighted by Gasteiger charge is -2.24. The predicted octanol–water partition coefficient (Wildman–Crippen LogP) is 2.72. The van der Waals surface area contributed by atoms with E-state index in [1.807, 2.05) is 12.1 Å². The van der Waals surface area contributed by atoms with E-state index in [0.29, 0.717) is 5.92 Å². The van der Waals surface area contributed by atoms with Crippen LogP contribution in [-0.2, 0) is 10.3 Å². The minimum absolute atomic E-state index is 0.0869. The van der Waals surface area contributed by atoms with E-state index >= 15 is 0 Å². The second kappa shape index (κ2) is 5.08. The first kappa shape index (κ1) is 14.2. The van der Waals surface area contributed by atoms with E-state index in [0.717, 1.165) is 30.4 Å². The van der Waals surface area contributed by atoms with Gasteiger partial charge in [0.1, 0.15) is 0 Å². The fraction of sp³-hybridized carbons (Fsp3) is 0.368. The first-order chi connectivity index (χ1) is 11.1. The van der Waals surface area contributed by atoms with Crippen molar-refractivity contribution in [2.24, 2.45) is 22.6 Å². The van der Waals surface area contributed by atoms with E-state index in [-0.39, 0.29) is 17.8 Å². The molecular formula is C19H21N3O. The van der Waals surface area contributed by atoms with Gasteiger partial charge >= 0.3 is 0 Å². The Morgan fingerprint density at radius 1 is 1.35 bits per heavy atom. The highest BCUT2D eigenvalue weighted by Crippen LogP contribution is 2.50. The van der Waals surface area contributed by atoms with Gasteiger partial charge in [-0.05, 0) is 53.9 Å². The molecular weight excluding hydrogens is 286 g/mol. The van der Waals surface area contributed by atoms with Crippen molar-refractivity contribution in [3.63, 3.8) is 0 Å². The molecule has 1 fully saturated rings. The van der Waals surface area contributed by atoms with E-state index < -0.39 is 5.54 Å². The lowest BCUT2D eigenvalue weighted by Crippen LogP contribution is -2.40. The average molecular weight is 307 g/mol. The van der Waals surface area contributed by atoms with Gasteiger partial charge in [-0.15, -0.1) is 0 Å². The van der Waals surface area contributed by atoms with E-state index in [1.54, 1.807) is 0 Å². The smallest absolute Gasteiger partial charge is 0.259 e. The Morgan fingerprint density at radius 2 is 2.17 bits per heavy atom. The maximum absolute atomic E-state index is 12.6. The minimum atomic E-state index is -0.829. The summed E-state index contributed by atoms with van der Waals surface area (Å²) in [6.07, 6.45) is 9.78. The van der Waals surface area contributed by atoms with Crippen molar-refractivity contribution >= 4 is 17.4 Å². The number of nitrogens with zero attached hydrogens (tertiary/aromatic N) is 1. The van der Waals surface area contributed by atoms with Crippen LogP contribution in [0.3, 0.4) is 0 Å². The van der Waals surface area contributed by atoms with Gasteiger partial charge in [0.15, 0.2) is 11.5 Å². The highest BCUT2D eigenvalue weighted by atomic mass is 16.2. The van der Waals surface area contributed by atoms with Gasteiger partial charge in [-0.1, -0.05) is 43.4 Å². The predicted molar refractivity (Wildman–Crippen MR) is 91.5 cm³/mol. The van der Waals surface area contributed by atoms with Crippen molar-refractivity contribution in [2.45, 2.75) is 31.7 Å². The van der Waals surface area contributed by atoms with Gasteiger partial charge in [0.25, 0.3) is 5.91 Å². The number of nitrogens with two attached hydrogens (primary N) is 1. The van der Waals surface area contributed by atoms with Gasteiger partial charge in [-0.25, -0.2) is 4.99 Å². The van der Waals surface area contributed by atoms with Gasteiger partial charge in [-0.3, -0.25) is 10.1 Å². The van der Waals surface area contributed by atoms with Crippen LogP contribution in [0.4, 0.5) is 0 Å². The summed E-state index contributed by atoms with van der Waals surface area (Å²) >= 11 is 0. The van der Waals surface area contributed by atoms with Gasteiger partial charge in [0, 0.05) is 0 Å². The number of hydrogen-bond acceptors (Lipinski definition) is 3. The Morgan fingerprint density at radius 3 is 2.83 bits per heavy atom. The lowest BCUT2D eigenvalue weighted by molar-refractivity contribution is -0.124. The molecule has 1 aromatic rings. The number of amides is 1. The number of nitrogens with one attached hydrogen (secondary N) is 1. The SMILES string of the molecule is CC1C=C(c2cccc(C3(C4CC4)N=C(N)NC3=O)c2)C=CC1. The zero-order chi connectivity index (χ0) is 16.0. The summed E-state index contributed by atoms with van der Waals surface area (Å²) in [5.74, 6) is 0.946. The molecule has 0 saturated heterocycles. The fourth-order valence-electron chi connectivity index (χ4n) is 3.66. The zero-order valence-electron chi connectivity index (χ0n) is 13.3. The maximum atomic E-state index is 12.6. The molecule has 1 aromatic carbocycles. The molecule has 2 atom stereocenters. The Balaban J connectivity index is 1.79. The van der Waals surface area contributed by atoms with Crippen LogP contribution in [0.2, 0.25) is 0 Å². The summed E-state index contributed by atoms with van der Waals surface area (Å²) in [5, 5.41) is 2.69. The zero-order valence-corrected chi connectivity index (χ0v) is 13.3. The van der Waals surface area contributed by atoms with Crippen molar-refractivity contribution in [3.8, 4) is 0 Å². The van der Waals surface area contributed by atoms with Crippen molar-refractivity contribution < 1.29 is 4.79 Å². The van der Waals surface area contributed by atoms with Crippen molar-refractivity contribution in [2.75, 3.05) is 0 Å². The van der Waals surface area contributed by atoms with E-state index in [2.05, 4.69) is 47.6 Å². The Bertz CT molecular complexity index is 758. The summed E-state index contributed by atoms with van der Waals surface area (Å²) in [5.41, 5.74) is 8.27. The lowest BCUT2D eigenvalue weighted by atomic mass is 9.83.